The van der Waals surface area contributed by atoms with Gasteiger partial charge in [0, 0.05) is 33.2 Å². The second-order valence-corrected chi connectivity index (χ2v) is 8.32. The summed E-state index contributed by atoms with van der Waals surface area (Å²) in [5.74, 6) is -0.0661. The molecular weight excluding hydrogens is 396 g/mol. The molecule has 0 aliphatic rings. The number of hydrogen-bond donors (Lipinski definition) is 2. The number of aromatic amines is 1. The molecular formula is C23H34N4O4. The van der Waals surface area contributed by atoms with E-state index in [0.29, 0.717) is 26.0 Å². The lowest BCUT2D eigenvalue weighted by Gasteiger charge is -2.25. The maximum absolute atomic E-state index is 13.2. The van der Waals surface area contributed by atoms with Crippen molar-refractivity contribution < 1.29 is 9.53 Å². The van der Waals surface area contributed by atoms with Crippen molar-refractivity contribution in [1.82, 2.24) is 9.55 Å². The Morgan fingerprint density at radius 2 is 1.97 bits per heavy atom. The number of nitrogens with two attached hydrogens (primary N) is 1. The number of aromatic nitrogens is 2. The molecule has 0 saturated heterocycles. The number of benzene rings is 1. The molecule has 0 unspecified atom stereocenters. The van der Waals surface area contributed by atoms with E-state index in [1.807, 2.05) is 39.8 Å². The highest BCUT2D eigenvalue weighted by molar-refractivity contribution is 5.95. The average Bonchev–Trinajstić information content (AvgIpc) is 2.69. The van der Waals surface area contributed by atoms with E-state index in [4.69, 9.17) is 10.5 Å². The molecule has 2 aromatic rings. The van der Waals surface area contributed by atoms with E-state index in [1.54, 1.807) is 7.11 Å². The van der Waals surface area contributed by atoms with Crippen LogP contribution in [0.25, 0.3) is 0 Å². The van der Waals surface area contributed by atoms with Crippen molar-refractivity contribution in [2.45, 2.75) is 53.5 Å². The number of amides is 1. The molecule has 8 nitrogen and oxygen atoms in total. The van der Waals surface area contributed by atoms with Gasteiger partial charge in [-0.15, -0.1) is 0 Å². The van der Waals surface area contributed by atoms with Gasteiger partial charge in [-0.1, -0.05) is 37.6 Å². The van der Waals surface area contributed by atoms with E-state index in [-0.39, 0.29) is 36.3 Å². The average molecular weight is 431 g/mol. The molecule has 1 heterocycles. The van der Waals surface area contributed by atoms with Crippen molar-refractivity contribution in [3.05, 3.63) is 55.7 Å². The Hall–Kier alpha value is -2.87. The number of hydrogen-bond acceptors (Lipinski definition) is 5. The van der Waals surface area contributed by atoms with Crippen molar-refractivity contribution >= 4 is 17.4 Å². The third kappa shape index (κ3) is 6.30. The number of ether oxygens (including phenoxy) is 1. The first-order chi connectivity index (χ1) is 14.6. The predicted octanol–water partition coefficient (Wildman–Crippen LogP) is 2.39. The van der Waals surface area contributed by atoms with Crippen LogP contribution in [0.3, 0.4) is 0 Å². The van der Waals surface area contributed by atoms with Crippen LogP contribution in [0, 0.1) is 19.8 Å². The molecule has 0 aliphatic carbocycles. The molecule has 1 amide bonds. The van der Waals surface area contributed by atoms with Crippen LogP contribution < -0.4 is 21.9 Å². The van der Waals surface area contributed by atoms with Crippen molar-refractivity contribution in [2.75, 3.05) is 30.9 Å². The zero-order valence-electron chi connectivity index (χ0n) is 19.2. The van der Waals surface area contributed by atoms with Gasteiger partial charge in [0.25, 0.3) is 5.56 Å². The number of carbonyl (C=O) groups is 1. The lowest BCUT2D eigenvalue weighted by molar-refractivity contribution is -0.118. The van der Waals surface area contributed by atoms with Gasteiger partial charge in [-0.05, 0) is 43.7 Å². The maximum atomic E-state index is 13.2. The molecule has 0 saturated carbocycles. The van der Waals surface area contributed by atoms with Gasteiger partial charge in [-0.2, -0.15) is 0 Å². The summed E-state index contributed by atoms with van der Waals surface area (Å²) in [5.41, 5.74) is 8.43. The minimum atomic E-state index is -0.653. The van der Waals surface area contributed by atoms with Gasteiger partial charge >= 0.3 is 5.69 Å². The van der Waals surface area contributed by atoms with Crippen LogP contribution in [0.1, 0.15) is 43.4 Å². The summed E-state index contributed by atoms with van der Waals surface area (Å²) < 4.78 is 6.43. The molecule has 3 N–H and O–H groups in total. The van der Waals surface area contributed by atoms with Gasteiger partial charge in [0.1, 0.15) is 5.82 Å². The molecule has 0 radical (unpaired) electrons. The number of carbonyl (C=O) groups excluding carboxylic acids is 1. The minimum Gasteiger partial charge on any atom is -0.385 e. The minimum absolute atomic E-state index is 0.0136. The molecule has 0 atom stereocenters. The number of methoxy groups -OCH3 is 1. The van der Waals surface area contributed by atoms with Crippen LogP contribution in [-0.4, -0.2) is 35.7 Å². The lowest BCUT2D eigenvalue weighted by atomic mass is 10.0. The van der Waals surface area contributed by atoms with E-state index in [0.717, 1.165) is 11.1 Å². The van der Waals surface area contributed by atoms with Gasteiger partial charge in [0.2, 0.25) is 5.91 Å². The lowest BCUT2D eigenvalue weighted by Crippen LogP contribution is -2.42. The number of anilines is 2. The summed E-state index contributed by atoms with van der Waals surface area (Å²) in [6.45, 7) is 8.99. The second-order valence-electron chi connectivity index (χ2n) is 8.32. The van der Waals surface area contributed by atoms with Gasteiger partial charge in [-0.25, -0.2) is 4.79 Å². The van der Waals surface area contributed by atoms with Crippen LogP contribution in [-0.2, 0) is 22.5 Å². The van der Waals surface area contributed by atoms with E-state index in [2.05, 4.69) is 11.1 Å². The molecule has 170 valence electrons. The predicted molar refractivity (Wildman–Crippen MR) is 124 cm³/mol. The standard InChI is InChI=1S/C23H34N4O4/c1-15(2)14-27-21(24)20(22(29)25-23(27)30)26(11-6-12-31-5)19(28)10-9-18-8-7-16(3)13-17(18)4/h7-8,13,15H,6,9-12,14,24H2,1-5H3,(H,25,29,30). The molecule has 0 spiro atoms. The van der Waals surface area contributed by atoms with Crippen LogP contribution in [0.4, 0.5) is 11.5 Å². The first-order valence-electron chi connectivity index (χ1n) is 10.6. The van der Waals surface area contributed by atoms with E-state index < -0.39 is 11.2 Å². The molecule has 31 heavy (non-hydrogen) atoms. The Labute approximate surface area is 183 Å². The van der Waals surface area contributed by atoms with Crippen molar-refractivity contribution in [2.24, 2.45) is 5.92 Å². The molecule has 2 rings (SSSR count). The van der Waals surface area contributed by atoms with Crippen LogP contribution in [0.2, 0.25) is 0 Å². The normalized spacial score (nSPS) is 11.2. The molecule has 1 aromatic heterocycles. The summed E-state index contributed by atoms with van der Waals surface area (Å²) in [4.78, 5) is 41.9. The summed E-state index contributed by atoms with van der Waals surface area (Å²) >= 11 is 0. The van der Waals surface area contributed by atoms with Crippen LogP contribution in [0.15, 0.2) is 27.8 Å². The number of H-pyrrole nitrogens is 1. The fourth-order valence-electron chi connectivity index (χ4n) is 3.62. The first-order valence-corrected chi connectivity index (χ1v) is 10.6. The fraction of sp³-hybridized carbons (Fsp3) is 0.522. The third-order valence-corrected chi connectivity index (χ3v) is 5.17. The Morgan fingerprint density at radius 3 is 2.58 bits per heavy atom. The Kier molecular flexibility index (Phi) is 8.62. The van der Waals surface area contributed by atoms with Gasteiger partial charge in [-0.3, -0.25) is 19.1 Å². The summed E-state index contributed by atoms with van der Waals surface area (Å²) in [6, 6.07) is 6.13. The number of aryl methyl sites for hydroxylation is 3. The smallest absolute Gasteiger partial charge is 0.330 e. The van der Waals surface area contributed by atoms with E-state index in [1.165, 1.54) is 15.0 Å². The highest BCUT2D eigenvalue weighted by Gasteiger charge is 2.24. The van der Waals surface area contributed by atoms with Gasteiger partial charge < -0.3 is 15.4 Å². The van der Waals surface area contributed by atoms with E-state index >= 15 is 0 Å². The fourth-order valence-corrected chi connectivity index (χ4v) is 3.62. The van der Waals surface area contributed by atoms with Crippen molar-refractivity contribution in [3.8, 4) is 0 Å². The van der Waals surface area contributed by atoms with E-state index in [9.17, 15) is 14.4 Å². The Morgan fingerprint density at radius 1 is 1.26 bits per heavy atom. The molecule has 0 bridgehead atoms. The van der Waals surface area contributed by atoms with Gasteiger partial charge in [0.15, 0.2) is 5.69 Å². The monoisotopic (exact) mass is 430 g/mol. The molecule has 1 aromatic carbocycles. The number of nitrogen functional groups attached to an aromatic ring is 1. The molecule has 8 heteroatoms. The third-order valence-electron chi connectivity index (χ3n) is 5.17. The van der Waals surface area contributed by atoms with Crippen LogP contribution >= 0.6 is 0 Å². The maximum Gasteiger partial charge on any atom is 0.330 e. The summed E-state index contributed by atoms with van der Waals surface area (Å²) in [5, 5.41) is 0. The SMILES string of the molecule is COCCCN(C(=O)CCc1ccc(C)cc1C)c1c(N)n(CC(C)C)c(=O)[nH]c1=O. The Balaban J connectivity index is 2.38. The molecule has 0 aliphatic heterocycles. The van der Waals surface area contributed by atoms with Crippen molar-refractivity contribution in [1.29, 1.82) is 0 Å². The summed E-state index contributed by atoms with van der Waals surface area (Å²) in [6.07, 6.45) is 1.31. The highest BCUT2D eigenvalue weighted by Crippen LogP contribution is 2.20. The number of rotatable bonds is 10. The number of nitrogens with one attached hydrogen (secondary N) is 1. The zero-order chi connectivity index (χ0) is 23.1. The highest BCUT2D eigenvalue weighted by atomic mass is 16.5. The molecule has 0 fully saturated rings. The summed E-state index contributed by atoms with van der Waals surface area (Å²) in [7, 11) is 1.58. The topological polar surface area (TPSA) is 110 Å². The Bertz CT molecular complexity index is 1020. The first kappa shape index (κ1) is 24.4. The largest absolute Gasteiger partial charge is 0.385 e. The number of nitrogens with zero attached hydrogens (tertiary/aromatic N) is 2. The van der Waals surface area contributed by atoms with Gasteiger partial charge in [0.05, 0.1) is 0 Å². The second kappa shape index (κ2) is 10.9. The van der Waals surface area contributed by atoms with Crippen molar-refractivity contribution in [3.63, 3.8) is 0 Å². The zero-order valence-corrected chi connectivity index (χ0v) is 19.2. The quantitative estimate of drug-likeness (QED) is 0.563. The van der Waals surface area contributed by atoms with Crippen LogP contribution in [0.5, 0.6) is 0 Å².